The van der Waals surface area contributed by atoms with Crippen molar-refractivity contribution in [3.8, 4) is 0 Å². The van der Waals surface area contributed by atoms with E-state index in [1.165, 1.54) is 29.7 Å². The van der Waals surface area contributed by atoms with Crippen LogP contribution in [-0.2, 0) is 6.54 Å². The topological polar surface area (TPSA) is 36.1 Å². The molecule has 3 nitrogen and oxygen atoms in total. The molecule has 1 atom stereocenters. The monoisotopic (exact) mass is 310 g/mol. The average Bonchev–Trinajstić information content (AvgIpc) is 3.13. The highest BCUT2D eigenvalue weighted by molar-refractivity contribution is 5.97. The Labute approximate surface area is 138 Å². The van der Waals surface area contributed by atoms with Crippen LogP contribution in [0.1, 0.15) is 64.1 Å². The summed E-state index contributed by atoms with van der Waals surface area (Å²) in [5, 5.41) is 0. The molecule has 1 aromatic carbocycles. The van der Waals surface area contributed by atoms with Crippen molar-refractivity contribution in [1.29, 1.82) is 0 Å². The van der Waals surface area contributed by atoms with Crippen LogP contribution in [-0.4, -0.2) is 22.2 Å². The van der Waals surface area contributed by atoms with Crippen molar-refractivity contribution in [1.82, 2.24) is 9.88 Å². The summed E-state index contributed by atoms with van der Waals surface area (Å²) in [6.07, 6.45) is 4.43. The minimum absolute atomic E-state index is 0.170. The summed E-state index contributed by atoms with van der Waals surface area (Å²) in [4.78, 5) is 17.9. The van der Waals surface area contributed by atoms with Gasteiger partial charge in [0.05, 0.1) is 6.04 Å². The minimum atomic E-state index is 0.170. The lowest BCUT2D eigenvalue weighted by Gasteiger charge is -2.26. The number of nitrogens with one attached hydrogen (secondary N) is 1. The molecule has 1 aliphatic rings. The summed E-state index contributed by atoms with van der Waals surface area (Å²) in [5.74, 6) is 0.170. The molecule has 0 aliphatic carbocycles. The van der Waals surface area contributed by atoms with Gasteiger partial charge in [0.1, 0.15) is 0 Å². The molecule has 2 aromatic rings. The summed E-state index contributed by atoms with van der Waals surface area (Å²) in [6.45, 7) is 10.0. The van der Waals surface area contributed by atoms with Gasteiger partial charge < -0.3 is 4.98 Å². The standard InChI is InChI=1S/C20H26N2O/c1-13-11-14(2)20(16(4)23)15(3)17(13)12-22-10-6-8-19(22)18-7-5-9-21-18/h5,7,9,11,19,21H,6,8,10,12H2,1-4H3. The molecule has 1 aromatic heterocycles. The zero-order valence-corrected chi connectivity index (χ0v) is 14.6. The maximum absolute atomic E-state index is 12.0. The smallest absolute Gasteiger partial charge is 0.160 e. The normalized spacial score (nSPS) is 18.5. The van der Waals surface area contributed by atoms with Crippen LogP contribution >= 0.6 is 0 Å². The second-order valence-electron chi connectivity index (χ2n) is 6.80. The van der Waals surface area contributed by atoms with E-state index in [2.05, 4.69) is 41.9 Å². The molecular weight excluding hydrogens is 284 g/mol. The molecule has 23 heavy (non-hydrogen) atoms. The first-order valence-corrected chi connectivity index (χ1v) is 8.47. The Balaban J connectivity index is 1.93. The zero-order chi connectivity index (χ0) is 16.6. The van der Waals surface area contributed by atoms with Crippen molar-refractivity contribution in [2.45, 2.75) is 53.1 Å². The molecule has 0 radical (unpaired) electrons. The Kier molecular flexibility index (Phi) is 4.40. The lowest BCUT2D eigenvalue weighted by atomic mass is 9.91. The van der Waals surface area contributed by atoms with Gasteiger partial charge in [-0.25, -0.2) is 0 Å². The molecule has 0 bridgehead atoms. The lowest BCUT2D eigenvalue weighted by molar-refractivity contribution is 0.101. The van der Waals surface area contributed by atoms with Crippen molar-refractivity contribution < 1.29 is 4.79 Å². The van der Waals surface area contributed by atoms with Gasteiger partial charge in [0, 0.05) is 24.0 Å². The number of nitrogens with zero attached hydrogens (tertiary/aromatic N) is 1. The molecular formula is C20H26N2O. The molecule has 3 heteroatoms. The number of benzene rings is 1. The SMILES string of the molecule is CC(=O)c1c(C)cc(C)c(CN2CCCC2c2ccc[nH]2)c1C. The Morgan fingerprint density at radius 1 is 1.30 bits per heavy atom. The van der Waals surface area contributed by atoms with Crippen molar-refractivity contribution in [2.75, 3.05) is 6.54 Å². The number of H-pyrrole nitrogens is 1. The van der Waals surface area contributed by atoms with E-state index >= 15 is 0 Å². The van der Waals surface area contributed by atoms with Crippen molar-refractivity contribution in [3.63, 3.8) is 0 Å². The van der Waals surface area contributed by atoms with Crippen LogP contribution in [0.25, 0.3) is 0 Å². The van der Waals surface area contributed by atoms with Crippen LogP contribution in [0, 0.1) is 20.8 Å². The highest BCUT2D eigenvalue weighted by Crippen LogP contribution is 2.34. The predicted octanol–water partition coefficient (Wildman–Crippen LogP) is 4.48. The molecule has 3 rings (SSSR count). The third-order valence-electron chi connectivity index (χ3n) is 5.19. The Morgan fingerprint density at radius 3 is 2.74 bits per heavy atom. The first kappa shape index (κ1) is 16.0. The van der Waals surface area contributed by atoms with Crippen LogP contribution in [0.5, 0.6) is 0 Å². The van der Waals surface area contributed by atoms with E-state index in [1.807, 2.05) is 13.1 Å². The Morgan fingerprint density at radius 2 is 2.09 bits per heavy atom. The highest BCUT2D eigenvalue weighted by atomic mass is 16.1. The number of carbonyl (C=O) groups excluding carboxylic acids is 1. The maximum atomic E-state index is 12.0. The van der Waals surface area contributed by atoms with E-state index in [4.69, 9.17) is 0 Å². The van der Waals surface area contributed by atoms with Gasteiger partial charge >= 0.3 is 0 Å². The number of rotatable bonds is 4. The number of hydrogen-bond acceptors (Lipinski definition) is 2. The van der Waals surface area contributed by atoms with E-state index in [0.717, 1.165) is 29.8 Å². The molecule has 2 heterocycles. The fourth-order valence-corrected chi connectivity index (χ4v) is 4.13. The molecule has 122 valence electrons. The summed E-state index contributed by atoms with van der Waals surface area (Å²) in [7, 11) is 0. The number of hydrogen-bond donors (Lipinski definition) is 1. The Bertz CT molecular complexity index is 716. The highest BCUT2D eigenvalue weighted by Gasteiger charge is 2.28. The number of carbonyl (C=O) groups is 1. The number of ketones is 1. The molecule has 1 N–H and O–H groups in total. The minimum Gasteiger partial charge on any atom is -0.364 e. The van der Waals surface area contributed by atoms with Gasteiger partial charge in [-0.05, 0) is 81.5 Å². The first-order chi connectivity index (χ1) is 11.0. The van der Waals surface area contributed by atoms with Gasteiger partial charge in [-0.2, -0.15) is 0 Å². The molecule has 0 spiro atoms. The first-order valence-electron chi connectivity index (χ1n) is 8.47. The van der Waals surface area contributed by atoms with Crippen LogP contribution in [0.15, 0.2) is 24.4 Å². The maximum Gasteiger partial charge on any atom is 0.160 e. The lowest BCUT2D eigenvalue weighted by Crippen LogP contribution is -2.24. The van der Waals surface area contributed by atoms with Gasteiger partial charge in [0.2, 0.25) is 0 Å². The van der Waals surface area contributed by atoms with E-state index in [-0.39, 0.29) is 5.78 Å². The van der Waals surface area contributed by atoms with Crippen LogP contribution in [0.2, 0.25) is 0 Å². The molecule has 1 unspecified atom stereocenters. The van der Waals surface area contributed by atoms with Crippen LogP contribution in [0.4, 0.5) is 0 Å². The number of aromatic amines is 1. The molecule has 1 aliphatic heterocycles. The molecule has 0 amide bonds. The van der Waals surface area contributed by atoms with Gasteiger partial charge in [0.15, 0.2) is 5.78 Å². The average molecular weight is 310 g/mol. The summed E-state index contributed by atoms with van der Waals surface area (Å²) < 4.78 is 0. The van der Waals surface area contributed by atoms with E-state index in [9.17, 15) is 4.79 Å². The zero-order valence-electron chi connectivity index (χ0n) is 14.6. The van der Waals surface area contributed by atoms with Crippen molar-refractivity contribution in [3.05, 3.63) is 57.9 Å². The molecule has 1 saturated heterocycles. The predicted molar refractivity (Wildman–Crippen MR) is 93.8 cm³/mol. The third-order valence-corrected chi connectivity index (χ3v) is 5.19. The largest absolute Gasteiger partial charge is 0.364 e. The third kappa shape index (κ3) is 2.98. The number of aromatic nitrogens is 1. The second kappa shape index (κ2) is 6.32. The van der Waals surface area contributed by atoms with Crippen molar-refractivity contribution >= 4 is 5.78 Å². The molecule has 1 fully saturated rings. The second-order valence-corrected chi connectivity index (χ2v) is 6.80. The van der Waals surface area contributed by atoms with Gasteiger partial charge in [-0.3, -0.25) is 9.69 Å². The van der Waals surface area contributed by atoms with Crippen LogP contribution in [0.3, 0.4) is 0 Å². The number of aryl methyl sites for hydroxylation is 2. The summed E-state index contributed by atoms with van der Waals surface area (Å²) in [6, 6.07) is 6.88. The van der Waals surface area contributed by atoms with Gasteiger partial charge in [-0.15, -0.1) is 0 Å². The summed E-state index contributed by atoms with van der Waals surface area (Å²) in [5.41, 5.74) is 7.07. The van der Waals surface area contributed by atoms with Crippen molar-refractivity contribution in [2.24, 2.45) is 0 Å². The van der Waals surface area contributed by atoms with Gasteiger partial charge in [0.25, 0.3) is 0 Å². The fourth-order valence-electron chi connectivity index (χ4n) is 4.13. The van der Waals surface area contributed by atoms with E-state index < -0.39 is 0 Å². The quantitative estimate of drug-likeness (QED) is 0.845. The number of Topliss-reactive ketones (excluding diaryl/α,β-unsaturated/α-hetero) is 1. The van der Waals surface area contributed by atoms with E-state index in [1.54, 1.807) is 6.92 Å². The van der Waals surface area contributed by atoms with Crippen LogP contribution < -0.4 is 0 Å². The Hall–Kier alpha value is -1.87. The summed E-state index contributed by atoms with van der Waals surface area (Å²) >= 11 is 0. The number of likely N-dealkylation sites (tertiary alicyclic amines) is 1. The van der Waals surface area contributed by atoms with Gasteiger partial charge in [-0.1, -0.05) is 6.07 Å². The fraction of sp³-hybridized carbons (Fsp3) is 0.450. The van der Waals surface area contributed by atoms with E-state index in [0.29, 0.717) is 6.04 Å². The molecule has 0 saturated carbocycles.